The van der Waals surface area contributed by atoms with E-state index in [1.54, 1.807) is 40.9 Å². The highest BCUT2D eigenvalue weighted by atomic mass is 35.5. The molecule has 0 unspecified atom stereocenters. The molecule has 2 heterocycles. The van der Waals surface area contributed by atoms with Crippen LogP contribution in [0.5, 0.6) is 0 Å². The number of nitrogens with one attached hydrogen (secondary N) is 1. The summed E-state index contributed by atoms with van der Waals surface area (Å²) in [6.45, 7) is 1.56. The van der Waals surface area contributed by atoms with Crippen LogP contribution in [0.2, 0.25) is 5.02 Å². The van der Waals surface area contributed by atoms with Crippen LogP contribution in [-0.4, -0.2) is 46.0 Å². The molecule has 6 nitrogen and oxygen atoms in total. The molecule has 2 atom stereocenters. The van der Waals surface area contributed by atoms with E-state index >= 15 is 0 Å². The van der Waals surface area contributed by atoms with Crippen LogP contribution in [0.25, 0.3) is 0 Å². The van der Waals surface area contributed by atoms with Crippen molar-refractivity contribution >= 4 is 46.8 Å². The van der Waals surface area contributed by atoms with Crippen molar-refractivity contribution in [2.75, 3.05) is 17.7 Å². The number of benzene rings is 1. The van der Waals surface area contributed by atoms with Gasteiger partial charge in [0.25, 0.3) is 5.91 Å². The van der Waals surface area contributed by atoms with Gasteiger partial charge in [0.2, 0.25) is 5.91 Å². The molecule has 2 fully saturated rings. The second-order valence-corrected chi connectivity index (χ2v) is 7.87. The van der Waals surface area contributed by atoms with E-state index in [0.29, 0.717) is 22.9 Å². The van der Waals surface area contributed by atoms with Gasteiger partial charge in [0.05, 0.1) is 4.87 Å². The van der Waals surface area contributed by atoms with Crippen LogP contribution in [0, 0.1) is 0 Å². The number of fused-ring (bicyclic) bond motifs is 1. The molecule has 0 spiro atoms. The zero-order valence-electron chi connectivity index (χ0n) is 13.1. The average molecular weight is 369 g/mol. The van der Waals surface area contributed by atoms with Crippen LogP contribution in [0.4, 0.5) is 5.69 Å². The van der Waals surface area contributed by atoms with E-state index in [-0.39, 0.29) is 10.8 Å². The highest BCUT2D eigenvalue weighted by Gasteiger charge is 2.53. The van der Waals surface area contributed by atoms with Crippen molar-refractivity contribution in [3.8, 4) is 0 Å². The van der Waals surface area contributed by atoms with Crippen molar-refractivity contribution in [1.82, 2.24) is 4.90 Å². The van der Waals surface area contributed by atoms with Gasteiger partial charge in [-0.05, 0) is 31.5 Å². The number of carbonyl (C=O) groups is 3. The Morgan fingerprint density at radius 3 is 3.04 bits per heavy atom. The summed E-state index contributed by atoms with van der Waals surface area (Å²) in [6.07, 6.45) is 1.18. The van der Waals surface area contributed by atoms with Crippen molar-refractivity contribution in [3.63, 3.8) is 0 Å². The van der Waals surface area contributed by atoms with Crippen LogP contribution in [0.15, 0.2) is 24.3 Å². The molecule has 1 aromatic rings. The number of amides is 2. The quantitative estimate of drug-likeness (QED) is 0.825. The highest BCUT2D eigenvalue weighted by Crippen LogP contribution is 2.47. The van der Waals surface area contributed by atoms with Crippen LogP contribution >= 0.6 is 23.4 Å². The van der Waals surface area contributed by atoms with E-state index in [1.165, 1.54) is 0 Å². The maximum atomic E-state index is 12.3. The van der Waals surface area contributed by atoms with Gasteiger partial charge in [-0.25, -0.2) is 4.79 Å². The lowest BCUT2D eigenvalue weighted by Crippen LogP contribution is -2.47. The summed E-state index contributed by atoms with van der Waals surface area (Å²) in [5, 5.41) is 3.10. The number of ether oxygens (including phenoxy) is 1. The summed E-state index contributed by atoms with van der Waals surface area (Å²) in [7, 11) is 0. The van der Waals surface area contributed by atoms with Crippen LogP contribution < -0.4 is 5.32 Å². The van der Waals surface area contributed by atoms with Gasteiger partial charge in [-0.2, -0.15) is 0 Å². The Morgan fingerprint density at radius 2 is 2.29 bits per heavy atom. The Labute approximate surface area is 148 Å². The molecular weight excluding hydrogens is 352 g/mol. The summed E-state index contributed by atoms with van der Waals surface area (Å²) in [4.78, 5) is 37.4. The number of nitrogens with zero attached hydrogens (tertiary/aromatic N) is 1. The van der Waals surface area contributed by atoms with E-state index in [9.17, 15) is 14.4 Å². The Morgan fingerprint density at radius 1 is 1.50 bits per heavy atom. The molecule has 0 saturated carbocycles. The zero-order valence-corrected chi connectivity index (χ0v) is 14.7. The van der Waals surface area contributed by atoms with Gasteiger partial charge in [-0.15, -0.1) is 11.8 Å². The number of rotatable bonds is 4. The van der Waals surface area contributed by atoms with Gasteiger partial charge in [0, 0.05) is 22.9 Å². The van der Waals surface area contributed by atoms with Crippen LogP contribution in [-0.2, 0) is 19.1 Å². The van der Waals surface area contributed by atoms with E-state index < -0.39 is 24.5 Å². The third kappa shape index (κ3) is 3.37. The fraction of sp³-hybridized carbons (Fsp3) is 0.438. The fourth-order valence-corrected chi connectivity index (χ4v) is 4.60. The number of thioether (sulfide) groups is 1. The molecular formula is C16H17ClN2O4S. The van der Waals surface area contributed by atoms with Gasteiger partial charge in [0.15, 0.2) is 6.61 Å². The average Bonchev–Trinajstić information content (AvgIpc) is 3.02. The number of carbonyl (C=O) groups excluding carboxylic acids is 3. The van der Waals surface area contributed by atoms with Crippen molar-refractivity contribution in [1.29, 1.82) is 0 Å². The fourth-order valence-electron chi connectivity index (χ4n) is 2.99. The molecule has 2 saturated heterocycles. The number of hydrogen-bond acceptors (Lipinski definition) is 5. The second kappa shape index (κ2) is 6.64. The largest absolute Gasteiger partial charge is 0.454 e. The Hall–Kier alpha value is -1.73. The molecule has 0 aromatic heterocycles. The van der Waals surface area contributed by atoms with Crippen LogP contribution in [0.3, 0.4) is 0 Å². The lowest BCUT2D eigenvalue weighted by atomic mass is 10.2. The van der Waals surface area contributed by atoms with Crippen molar-refractivity contribution < 1.29 is 19.1 Å². The predicted octanol–water partition coefficient (Wildman–Crippen LogP) is 2.28. The van der Waals surface area contributed by atoms with Gasteiger partial charge < -0.3 is 15.0 Å². The summed E-state index contributed by atoms with van der Waals surface area (Å²) < 4.78 is 5.10. The molecule has 1 aromatic carbocycles. The maximum Gasteiger partial charge on any atom is 0.330 e. The molecule has 3 rings (SSSR count). The molecule has 0 aliphatic carbocycles. The summed E-state index contributed by atoms with van der Waals surface area (Å²) in [5.74, 6) is -0.529. The lowest BCUT2D eigenvalue weighted by molar-refractivity contribution is -0.155. The third-order valence-electron chi connectivity index (χ3n) is 4.17. The minimum atomic E-state index is -0.617. The van der Waals surface area contributed by atoms with Crippen molar-refractivity contribution in [3.05, 3.63) is 29.3 Å². The molecule has 2 aliphatic rings. The molecule has 24 heavy (non-hydrogen) atoms. The topological polar surface area (TPSA) is 75.7 Å². The van der Waals surface area contributed by atoms with Crippen LogP contribution in [0.1, 0.15) is 19.8 Å². The van der Waals surface area contributed by atoms with E-state index in [1.807, 2.05) is 6.92 Å². The Balaban J connectivity index is 1.54. The SMILES string of the molecule is C[C@]12CCC(=O)N1[C@@H](C(=O)OCC(=O)Nc1cccc(Cl)c1)CS2. The number of halogens is 1. The molecule has 2 aliphatic heterocycles. The molecule has 1 N–H and O–H groups in total. The van der Waals surface area contributed by atoms with Gasteiger partial charge in [0.1, 0.15) is 6.04 Å². The third-order valence-corrected chi connectivity index (χ3v) is 5.91. The first kappa shape index (κ1) is 17.1. The highest BCUT2D eigenvalue weighted by molar-refractivity contribution is 8.01. The van der Waals surface area contributed by atoms with E-state index in [0.717, 1.165) is 6.42 Å². The molecule has 128 valence electrons. The van der Waals surface area contributed by atoms with Crippen molar-refractivity contribution in [2.45, 2.75) is 30.7 Å². The normalized spacial score (nSPS) is 25.5. The Kier molecular flexibility index (Phi) is 4.73. The number of anilines is 1. The van der Waals surface area contributed by atoms with E-state index in [2.05, 4.69) is 5.32 Å². The number of esters is 1. The Bertz CT molecular complexity index is 698. The molecule has 0 bridgehead atoms. The van der Waals surface area contributed by atoms with Gasteiger partial charge in [-0.1, -0.05) is 17.7 Å². The number of hydrogen-bond donors (Lipinski definition) is 1. The first-order valence-corrected chi connectivity index (χ1v) is 8.93. The van der Waals surface area contributed by atoms with Crippen molar-refractivity contribution in [2.24, 2.45) is 0 Å². The first-order valence-electron chi connectivity index (χ1n) is 7.57. The summed E-state index contributed by atoms with van der Waals surface area (Å²) in [6, 6.07) is 6.07. The monoisotopic (exact) mass is 368 g/mol. The van der Waals surface area contributed by atoms with E-state index in [4.69, 9.17) is 16.3 Å². The summed E-state index contributed by atoms with van der Waals surface area (Å²) >= 11 is 7.43. The minimum absolute atomic E-state index is 0.0344. The molecule has 0 radical (unpaired) electrons. The zero-order chi connectivity index (χ0) is 17.3. The summed E-state index contributed by atoms with van der Waals surface area (Å²) in [5.41, 5.74) is 0.530. The second-order valence-electron chi connectivity index (χ2n) is 5.93. The molecule has 8 heteroatoms. The first-order chi connectivity index (χ1) is 11.4. The van der Waals surface area contributed by atoms with Gasteiger partial charge in [-0.3, -0.25) is 9.59 Å². The maximum absolute atomic E-state index is 12.3. The van der Waals surface area contributed by atoms with Gasteiger partial charge >= 0.3 is 5.97 Å². The minimum Gasteiger partial charge on any atom is -0.454 e. The lowest BCUT2D eigenvalue weighted by Gasteiger charge is -2.29. The smallest absolute Gasteiger partial charge is 0.330 e. The standard InChI is InChI=1S/C16H17ClN2O4S/c1-16-6-5-14(21)19(16)12(9-24-16)15(22)23-8-13(20)18-11-4-2-3-10(17)7-11/h2-4,7,12H,5-6,8-9H2,1H3,(H,18,20)/t12-,16+/m1/s1. The molecule has 2 amide bonds. The predicted molar refractivity (Wildman–Crippen MR) is 91.8 cm³/mol.